The van der Waals surface area contributed by atoms with Crippen molar-refractivity contribution < 1.29 is 13.2 Å². The van der Waals surface area contributed by atoms with E-state index in [4.69, 9.17) is 0 Å². The molecule has 1 aromatic carbocycles. The van der Waals surface area contributed by atoms with Crippen molar-refractivity contribution in [3.63, 3.8) is 0 Å². The molecule has 6 heteroatoms. The first-order valence-corrected chi connectivity index (χ1v) is 7.69. The van der Waals surface area contributed by atoms with E-state index in [0.29, 0.717) is 11.9 Å². The Balaban J connectivity index is 2.36. The molecule has 0 amide bonds. The Morgan fingerprint density at radius 3 is 2.36 bits per heavy atom. The summed E-state index contributed by atoms with van der Waals surface area (Å²) in [4.78, 5) is 6.67. The Morgan fingerprint density at radius 2 is 1.82 bits per heavy atom. The number of aryl methyl sites for hydroxylation is 1. The predicted molar refractivity (Wildman–Crippen MR) is 81.9 cm³/mol. The highest BCUT2D eigenvalue weighted by atomic mass is 19.4. The molecule has 22 heavy (non-hydrogen) atoms. The molecule has 0 aliphatic heterocycles. The molecule has 2 rings (SSSR count). The van der Waals surface area contributed by atoms with Crippen LogP contribution in [0.5, 0.6) is 0 Å². The zero-order valence-electron chi connectivity index (χ0n) is 13.2. The zero-order valence-corrected chi connectivity index (χ0v) is 13.2. The normalized spacial score (nSPS) is 12.5. The highest BCUT2D eigenvalue weighted by Crippen LogP contribution is 2.31. The van der Waals surface area contributed by atoms with Crippen molar-refractivity contribution in [2.45, 2.75) is 39.9 Å². The van der Waals surface area contributed by atoms with Crippen LogP contribution in [0.3, 0.4) is 0 Å². The second-order valence-corrected chi connectivity index (χ2v) is 5.26. The van der Waals surface area contributed by atoms with Gasteiger partial charge in [0.05, 0.1) is 16.6 Å². The van der Waals surface area contributed by atoms with E-state index < -0.39 is 11.7 Å². The lowest BCUT2D eigenvalue weighted by Crippen LogP contribution is -2.27. The predicted octanol–water partition coefficient (Wildman–Crippen LogP) is 3.96. The highest BCUT2D eigenvalue weighted by molar-refractivity contribution is 5.77. The molecule has 0 saturated heterocycles. The summed E-state index contributed by atoms with van der Waals surface area (Å²) in [5.41, 5.74) is 0.555. The molecule has 0 atom stereocenters. The molecule has 0 aliphatic carbocycles. The van der Waals surface area contributed by atoms with Gasteiger partial charge in [-0.05, 0) is 31.3 Å². The van der Waals surface area contributed by atoms with Crippen LogP contribution >= 0.6 is 0 Å². The van der Waals surface area contributed by atoms with Gasteiger partial charge in [0.2, 0.25) is 0 Å². The maximum Gasteiger partial charge on any atom is 0.416 e. The van der Waals surface area contributed by atoms with Crippen LogP contribution in [0.2, 0.25) is 0 Å². The lowest BCUT2D eigenvalue weighted by molar-refractivity contribution is -0.137. The van der Waals surface area contributed by atoms with Crippen molar-refractivity contribution in [1.29, 1.82) is 0 Å². The average Bonchev–Trinajstić information content (AvgIpc) is 2.84. The van der Waals surface area contributed by atoms with Gasteiger partial charge in [0.15, 0.2) is 0 Å². The molecule has 0 saturated carbocycles. The number of aromatic nitrogens is 2. The van der Waals surface area contributed by atoms with Gasteiger partial charge in [-0.25, -0.2) is 4.98 Å². The second kappa shape index (κ2) is 6.69. The van der Waals surface area contributed by atoms with E-state index in [0.717, 1.165) is 49.7 Å². The van der Waals surface area contributed by atoms with E-state index in [1.165, 1.54) is 6.07 Å². The third kappa shape index (κ3) is 3.43. The minimum absolute atomic E-state index is 0.422. The first-order chi connectivity index (χ1) is 10.4. The lowest BCUT2D eigenvalue weighted by atomic mass is 10.2. The number of imidazole rings is 1. The average molecular weight is 313 g/mol. The van der Waals surface area contributed by atoms with E-state index in [9.17, 15) is 13.2 Å². The Bertz CT molecular complexity index is 627. The van der Waals surface area contributed by atoms with Gasteiger partial charge in [0.25, 0.3) is 0 Å². The summed E-state index contributed by atoms with van der Waals surface area (Å²) < 4.78 is 40.5. The van der Waals surface area contributed by atoms with Crippen LogP contribution in [0.25, 0.3) is 11.0 Å². The summed E-state index contributed by atoms with van der Waals surface area (Å²) in [5, 5.41) is 0. The summed E-state index contributed by atoms with van der Waals surface area (Å²) in [6, 6.07) is 3.81. The molecule has 0 N–H and O–H groups in total. The molecule has 122 valence electrons. The Labute approximate surface area is 128 Å². The Hall–Kier alpha value is -1.56. The number of nitrogens with zero attached hydrogens (tertiary/aromatic N) is 3. The van der Waals surface area contributed by atoms with Gasteiger partial charge in [0, 0.05) is 19.5 Å². The van der Waals surface area contributed by atoms with Gasteiger partial charge in [-0.15, -0.1) is 0 Å². The molecule has 0 fully saturated rings. The molecule has 0 aliphatic rings. The summed E-state index contributed by atoms with van der Waals surface area (Å²) in [5.74, 6) is 0.835. The van der Waals surface area contributed by atoms with Crippen molar-refractivity contribution in [1.82, 2.24) is 14.5 Å². The van der Waals surface area contributed by atoms with Crippen LogP contribution in [-0.4, -0.2) is 34.1 Å². The molecule has 3 nitrogen and oxygen atoms in total. The SMILES string of the molecule is CCc1nc2cc(C(F)(F)F)ccc2n1CCN(CC)CC. The summed E-state index contributed by atoms with van der Waals surface area (Å²) in [6.07, 6.45) is -3.63. The van der Waals surface area contributed by atoms with Crippen molar-refractivity contribution in [3.05, 3.63) is 29.6 Å². The molecule has 2 aromatic rings. The number of benzene rings is 1. The van der Waals surface area contributed by atoms with Gasteiger partial charge in [0.1, 0.15) is 5.82 Å². The molecular formula is C16H22F3N3. The van der Waals surface area contributed by atoms with E-state index in [-0.39, 0.29) is 0 Å². The fourth-order valence-electron chi connectivity index (χ4n) is 2.66. The Morgan fingerprint density at radius 1 is 1.14 bits per heavy atom. The van der Waals surface area contributed by atoms with E-state index in [2.05, 4.69) is 23.7 Å². The minimum atomic E-state index is -4.33. The maximum atomic E-state index is 12.8. The zero-order chi connectivity index (χ0) is 16.3. The van der Waals surface area contributed by atoms with Crippen LogP contribution in [0.1, 0.15) is 32.2 Å². The Kier molecular flexibility index (Phi) is 5.11. The van der Waals surface area contributed by atoms with E-state index in [1.807, 2.05) is 11.5 Å². The lowest BCUT2D eigenvalue weighted by Gasteiger charge is -2.19. The standard InChI is InChI=1S/C16H22F3N3/c1-4-15-20-13-11-12(16(17,18)19)7-8-14(13)22(15)10-9-21(5-2)6-3/h7-8,11H,4-6,9-10H2,1-3H3. The molecule has 0 bridgehead atoms. The van der Waals surface area contributed by atoms with Crippen molar-refractivity contribution >= 4 is 11.0 Å². The quantitative estimate of drug-likeness (QED) is 0.805. The number of fused-ring (bicyclic) bond motifs is 1. The minimum Gasteiger partial charge on any atom is -0.327 e. The van der Waals surface area contributed by atoms with Crippen molar-refractivity contribution in [2.75, 3.05) is 19.6 Å². The first kappa shape index (κ1) is 16.8. The van der Waals surface area contributed by atoms with Gasteiger partial charge >= 0.3 is 6.18 Å². The number of likely N-dealkylation sites (N-methyl/N-ethyl adjacent to an activating group) is 1. The van der Waals surface area contributed by atoms with Gasteiger partial charge in [-0.3, -0.25) is 0 Å². The monoisotopic (exact) mass is 313 g/mol. The first-order valence-electron chi connectivity index (χ1n) is 7.69. The maximum absolute atomic E-state index is 12.8. The van der Waals surface area contributed by atoms with Gasteiger partial charge < -0.3 is 9.47 Å². The topological polar surface area (TPSA) is 21.1 Å². The van der Waals surface area contributed by atoms with Crippen molar-refractivity contribution in [2.24, 2.45) is 0 Å². The highest BCUT2D eigenvalue weighted by Gasteiger charge is 2.31. The smallest absolute Gasteiger partial charge is 0.327 e. The van der Waals surface area contributed by atoms with E-state index >= 15 is 0 Å². The van der Waals surface area contributed by atoms with Crippen LogP contribution in [0.15, 0.2) is 18.2 Å². The van der Waals surface area contributed by atoms with Gasteiger partial charge in [-0.1, -0.05) is 20.8 Å². The number of rotatable bonds is 6. The van der Waals surface area contributed by atoms with Crippen LogP contribution in [0, 0.1) is 0 Å². The van der Waals surface area contributed by atoms with E-state index in [1.54, 1.807) is 0 Å². The number of hydrogen-bond acceptors (Lipinski definition) is 2. The van der Waals surface area contributed by atoms with Crippen LogP contribution in [-0.2, 0) is 19.1 Å². The van der Waals surface area contributed by atoms with Crippen LogP contribution in [0.4, 0.5) is 13.2 Å². The fraction of sp³-hybridized carbons (Fsp3) is 0.562. The largest absolute Gasteiger partial charge is 0.416 e. The number of alkyl halides is 3. The molecular weight excluding hydrogens is 291 g/mol. The second-order valence-electron chi connectivity index (χ2n) is 5.26. The third-order valence-electron chi connectivity index (χ3n) is 4.01. The molecule has 1 aromatic heterocycles. The van der Waals surface area contributed by atoms with Crippen LogP contribution < -0.4 is 0 Å². The summed E-state index contributed by atoms with van der Waals surface area (Å²) >= 11 is 0. The van der Waals surface area contributed by atoms with Crippen molar-refractivity contribution in [3.8, 4) is 0 Å². The van der Waals surface area contributed by atoms with Gasteiger partial charge in [-0.2, -0.15) is 13.2 Å². The fourth-order valence-corrected chi connectivity index (χ4v) is 2.66. The summed E-state index contributed by atoms with van der Waals surface area (Å²) in [6.45, 7) is 9.71. The summed E-state index contributed by atoms with van der Waals surface area (Å²) in [7, 11) is 0. The third-order valence-corrected chi connectivity index (χ3v) is 4.01. The number of hydrogen-bond donors (Lipinski definition) is 0. The molecule has 0 unspecified atom stereocenters. The number of halogens is 3. The molecule has 0 spiro atoms. The molecule has 1 heterocycles. The molecule has 0 radical (unpaired) electrons.